The van der Waals surface area contributed by atoms with E-state index in [1.807, 2.05) is 0 Å². The molecule has 1 fully saturated rings. The minimum Gasteiger partial charge on any atom is -0.493 e. The minimum atomic E-state index is -0.441. The molecule has 0 unspecified atom stereocenters. The smallest absolute Gasteiger partial charge is 0.293 e. The van der Waals surface area contributed by atoms with Crippen molar-refractivity contribution in [1.82, 2.24) is 4.90 Å². The normalized spacial score (nSPS) is 14.3. The number of halogens is 3. The Bertz CT molecular complexity index is 1410. The molecule has 7 nitrogen and oxygen atoms in total. The van der Waals surface area contributed by atoms with Gasteiger partial charge in [-0.3, -0.25) is 19.3 Å². The summed E-state index contributed by atoms with van der Waals surface area (Å²) in [6.45, 7) is -0.237. The standard InChI is InChI=1S/C26H19Cl3N2O5S/c1-35-21-11-16(10-19(29)24(21)36-14-23(32)30-20-8-3-2-7-18(20)28)12-22-25(33)31(26(34)37-22)13-15-5-4-6-17(27)9-15/h2-12H,13-14H2,1H3,(H,30,32)/b22-12-. The summed E-state index contributed by atoms with van der Waals surface area (Å²) in [5.41, 5.74) is 1.71. The first kappa shape index (κ1) is 26.9. The lowest BCUT2D eigenvalue weighted by atomic mass is 10.1. The summed E-state index contributed by atoms with van der Waals surface area (Å²) < 4.78 is 11.0. The van der Waals surface area contributed by atoms with Crippen LogP contribution in [0.4, 0.5) is 10.5 Å². The Labute approximate surface area is 232 Å². The number of amides is 3. The highest BCUT2D eigenvalue weighted by Gasteiger charge is 2.35. The highest BCUT2D eigenvalue weighted by Crippen LogP contribution is 2.39. The van der Waals surface area contributed by atoms with E-state index in [4.69, 9.17) is 44.3 Å². The molecule has 1 aliphatic heterocycles. The maximum Gasteiger partial charge on any atom is 0.293 e. The van der Waals surface area contributed by atoms with Crippen molar-refractivity contribution < 1.29 is 23.9 Å². The zero-order valence-corrected chi connectivity index (χ0v) is 22.4. The zero-order valence-electron chi connectivity index (χ0n) is 19.3. The Morgan fingerprint density at radius 3 is 2.54 bits per heavy atom. The molecule has 0 bridgehead atoms. The molecule has 0 aliphatic carbocycles. The molecule has 1 N–H and O–H groups in total. The highest BCUT2D eigenvalue weighted by atomic mass is 35.5. The number of hydrogen-bond acceptors (Lipinski definition) is 6. The fraction of sp³-hybridized carbons (Fsp3) is 0.115. The van der Waals surface area contributed by atoms with Crippen LogP contribution in [0.15, 0.2) is 65.6 Å². The quantitative estimate of drug-likeness (QED) is 0.293. The van der Waals surface area contributed by atoms with E-state index in [0.717, 1.165) is 22.2 Å². The van der Waals surface area contributed by atoms with Crippen LogP contribution in [0.25, 0.3) is 6.08 Å². The molecule has 0 radical (unpaired) electrons. The molecular weight excluding hydrogens is 559 g/mol. The predicted octanol–water partition coefficient (Wildman–Crippen LogP) is 6.91. The summed E-state index contributed by atoms with van der Waals surface area (Å²) in [5.74, 6) is -0.461. The number of methoxy groups -OCH3 is 1. The maximum atomic E-state index is 12.9. The van der Waals surface area contributed by atoms with Gasteiger partial charge >= 0.3 is 0 Å². The van der Waals surface area contributed by atoms with E-state index in [2.05, 4.69) is 5.32 Å². The number of para-hydroxylation sites is 1. The molecule has 0 aromatic heterocycles. The van der Waals surface area contributed by atoms with Gasteiger partial charge in [-0.1, -0.05) is 59.1 Å². The number of hydrogen-bond donors (Lipinski definition) is 1. The number of nitrogens with zero attached hydrogens (tertiary/aromatic N) is 1. The van der Waals surface area contributed by atoms with Gasteiger partial charge in [0.25, 0.3) is 17.1 Å². The number of imide groups is 1. The van der Waals surface area contributed by atoms with Gasteiger partial charge in [-0.05, 0) is 65.4 Å². The predicted molar refractivity (Wildman–Crippen MR) is 147 cm³/mol. The first-order valence-electron chi connectivity index (χ1n) is 10.8. The van der Waals surface area contributed by atoms with Crippen LogP contribution < -0.4 is 14.8 Å². The second-order valence-corrected chi connectivity index (χ2v) is 9.99. The monoisotopic (exact) mass is 576 g/mol. The third-order valence-electron chi connectivity index (χ3n) is 5.15. The number of ether oxygens (including phenoxy) is 2. The van der Waals surface area contributed by atoms with Gasteiger partial charge in [0.1, 0.15) is 0 Å². The van der Waals surface area contributed by atoms with Gasteiger partial charge in [0, 0.05) is 5.02 Å². The van der Waals surface area contributed by atoms with Crippen molar-refractivity contribution in [2.75, 3.05) is 19.0 Å². The van der Waals surface area contributed by atoms with Crippen LogP contribution in [-0.2, 0) is 16.1 Å². The number of anilines is 1. The molecule has 1 saturated heterocycles. The summed E-state index contributed by atoms with van der Waals surface area (Å²) in [4.78, 5) is 39.1. The first-order chi connectivity index (χ1) is 17.7. The van der Waals surface area contributed by atoms with E-state index >= 15 is 0 Å². The van der Waals surface area contributed by atoms with Crippen molar-refractivity contribution in [2.24, 2.45) is 0 Å². The molecular formula is C26H19Cl3N2O5S. The number of thioether (sulfide) groups is 1. The molecule has 3 aromatic carbocycles. The lowest BCUT2D eigenvalue weighted by Crippen LogP contribution is -2.27. The number of benzene rings is 3. The second kappa shape index (κ2) is 11.9. The summed E-state index contributed by atoms with van der Waals surface area (Å²) in [5, 5.41) is 3.34. The molecule has 3 aromatic rings. The van der Waals surface area contributed by atoms with Crippen LogP contribution in [0, 0.1) is 0 Å². The van der Waals surface area contributed by atoms with E-state index < -0.39 is 17.1 Å². The van der Waals surface area contributed by atoms with Gasteiger partial charge < -0.3 is 14.8 Å². The molecule has 11 heteroatoms. The van der Waals surface area contributed by atoms with E-state index in [1.165, 1.54) is 7.11 Å². The van der Waals surface area contributed by atoms with Crippen LogP contribution >= 0.6 is 46.6 Å². The van der Waals surface area contributed by atoms with Crippen LogP contribution in [0.5, 0.6) is 11.5 Å². The average Bonchev–Trinajstić information content (AvgIpc) is 3.11. The lowest BCUT2D eigenvalue weighted by molar-refractivity contribution is -0.123. The summed E-state index contributed by atoms with van der Waals surface area (Å²) >= 11 is 19.3. The summed E-state index contributed by atoms with van der Waals surface area (Å²) in [6.07, 6.45) is 1.55. The Morgan fingerprint density at radius 2 is 1.81 bits per heavy atom. The van der Waals surface area contributed by atoms with Crippen molar-refractivity contribution in [3.63, 3.8) is 0 Å². The molecule has 1 heterocycles. The Morgan fingerprint density at radius 1 is 1.03 bits per heavy atom. The number of carbonyl (C=O) groups is 3. The zero-order chi connectivity index (χ0) is 26.5. The van der Waals surface area contributed by atoms with Gasteiger partial charge in [0.05, 0.1) is 34.3 Å². The van der Waals surface area contributed by atoms with E-state index in [-0.39, 0.29) is 34.6 Å². The molecule has 4 rings (SSSR count). The third kappa shape index (κ3) is 6.59. The van der Waals surface area contributed by atoms with E-state index in [1.54, 1.807) is 66.7 Å². The Balaban J connectivity index is 1.47. The number of nitrogens with one attached hydrogen (secondary N) is 1. The first-order valence-corrected chi connectivity index (χ1v) is 12.7. The topological polar surface area (TPSA) is 84.9 Å². The van der Waals surface area contributed by atoms with Crippen LogP contribution in [0.3, 0.4) is 0 Å². The Kier molecular flexibility index (Phi) is 8.66. The largest absolute Gasteiger partial charge is 0.493 e. The lowest BCUT2D eigenvalue weighted by Gasteiger charge is -2.14. The molecule has 0 spiro atoms. The van der Waals surface area contributed by atoms with Crippen LogP contribution in [0.1, 0.15) is 11.1 Å². The third-order valence-corrected chi connectivity index (χ3v) is 6.90. The molecule has 3 amide bonds. The second-order valence-electron chi connectivity index (χ2n) is 7.75. The van der Waals surface area contributed by atoms with Crippen molar-refractivity contribution in [3.8, 4) is 11.5 Å². The van der Waals surface area contributed by atoms with Gasteiger partial charge in [-0.15, -0.1) is 0 Å². The Hall–Kier alpha value is -3.17. The molecule has 37 heavy (non-hydrogen) atoms. The number of carbonyl (C=O) groups excluding carboxylic acids is 3. The molecule has 190 valence electrons. The maximum absolute atomic E-state index is 12.9. The van der Waals surface area contributed by atoms with Crippen molar-refractivity contribution in [1.29, 1.82) is 0 Å². The van der Waals surface area contributed by atoms with Crippen molar-refractivity contribution >= 4 is 75.4 Å². The fourth-order valence-electron chi connectivity index (χ4n) is 3.46. The van der Waals surface area contributed by atoms with Gasteiger partial charge in [0.15, 0.2) is 18.1 Å². The molecule has 0 atom stereocenters. The average molecular weight is 578 g/mol. The summed E-state index contributed by atoms with van der Waals surface area (Å²) in [6, 6.07) is 16.9. The van der Waals surface area contributed by atoms with Crippen LogP contribution in [0.2, 0.25) is 15.1 Å². The molecule has 0 saturated carbocycles. The number of rotatable bonds is 8. The van der Waals surface area contributed by atoms with E-state index in [9.17, 15) is 14.4 Å². The molecule has 1 aliphatic rings. The van der Waals surface area contributed by atoms with Gasteiger partial charge in [0.2, 0.25) is 0 Å². The van der Waals surface area contributed by atoms with Gasteiger partial charge in [-0.2, -0.15) is 0 Å². The van der Waals surface area contributed by atoms with E-state index in [0.29, 0.717) is 21.3 Å². The van der Waals surface area contributed by atoms with Crippen molar-refractivity contribution in [2.45, 2.75) is 6.54 Å². The van der Waals surface area contributed by atoms with Crippen molar-refractivity contribution in [3.05, 3.63) is 91.8 Å². The van der Waals surface area contributed by atoms with Crippen LogP contribution in [-0.4, -0.2) is 35.7 Å². The SMILES string of the molecule is COc1cc(/C=C2\SC(=O)N(Cc3cccc(Cl)c3)C2=O)cc(Cl)c1OCC(=O)Nc1ccccc1Cl. The highest BCUT2D eigenvalue weighted by molar-refractivity contribution is 8.18. The minimum absolute atomic E-state index is 0.107. The fourth-order valence-corrected chi connectivity index (χ4v) is 4.96. The summed E-state index contributed by atoms with van der Waals surface area (Å²) in [7, 11) is 1.42. The van der Waals surface area contributed by atoms with Gasteiger partial charge in [-0.25, -0.2) is 0 Å².